The van der Waals surface area contributed by atoms with Gasteiger partial charge in [0.05, 0.1) is 62.7 Å². The summed E-state index contributed by atoms with van der Waals surface area (Å²) in [6.07, 6.45) is 9.25. The molecule has 0 bridgehead atoms. The molecule has 5 amide bonds. The van der Waals surface area contributed by atoms with Crippen LogP contribution in [0.5, 0.6) is 23.0 Å². The molecule has 30 nitrogen and oxygen atoms in total. The summed E-state index contributed by atoms with van der Waals surface area (Å²) in [5.74, 6) is 2.24. The number of nitrogens with zero attached hydrogens (tertiary/aromatic N) is 16. The molecule has 124 heavy (non-hydrogen) atoms. The maximum atomic E-state index is 13.2. The first-order valence-electron chi connectivity index (χ1n) is 38.6. The number of nitriles is 2. The minimum absolute atomic E-state index is 0.00463. The molecule has 1 fully saturated rings. The molecule has 0 radical (unpaired) electrons. The van der Waals surface area contributed by atoms with Gasteiger partial charge in [-0.25, -0.2) is 34.9 Å². The van der Waals surface area contributed by atoms with E-state index in [4.69, 9.17) is 81.3 Å². The third-order valence-corrected chi connectivity index (χ3v) is 28.4. The number of carbonyl (C=O) groups excluding carboxylic acids is 5. The second-order valence-electron chi connectivity index (χ2n) is 30.7. The molecule has 38 heteroatoms. The van der Waals surface area contributed by atoms with Crippen LogP contribution in [0.25, 0.3) is 21.7 Å². The fourth-order valence-corrected chi connectivity index (χ4v) is 21.0. The zero-order chi connectivity index (χ0) is 88.8. The van der Waals surface area contributed by atoms with Crippen LogP contribution in [-0.2, 0) is 58.7 Å². The van der Waals surface area contributed by atoms with Crippen LogP contribution in [-0.4, -0.2) is 152 Å². The number of ether oxygens (including phenoxy) is 4. The van der Waals surface area contributed by atoms with E-state index in [2.05, 4.69) is 87.8 Å². The zero-order valence-electron chi connectivity index (χ0n) is 68.2. The summed E-state index contributed by atoms with van der Waals surface area (Å²) in [6, 6.07) is 48.4. The summed E-state index contributed by atoms with van der Waals surface area (Å²) < 4.78 is 25.7. The third-order valence-electron chi connectivity index (χ3n) is 22.8. The Morgan fingerprint density at radius 3 is 1.48 bits per heavy atom. The molecule has 18 rings (SSSR count). The number of hydrogen-bond donors (Lipinski definition) is 5. The SMILES string of the molecule is CN1C(=O)C(c2cccc(Br)c2)(C2CCCCC2)N=C1N.CN1C(=O)C(c2ccccc2)(c2ccc(-c3cc(Cl)cc(Cl)c3)s2)N=C1N.CN1C(=O)C[C@@](C)(c2cc(-c3cc(C#N)cc(C#N)c3)nn2C)N=C1N.CN1C(=O)[C@@H](c2ccc3c(c2)OCO3)[C@@](C)(c2cnc(Br)s2)N=C1N.CN1C(=O)[C@H](c2ccc3c(c2)OCO3)[C@@](C)(c2cnc(Br)s2)N=C1N. The highest BCUT2D eigenvalue weighted by Crippen LogP contribution is 2.53. The molecule has 8 aliphatic rings. The summed E-state index contributed by atoms with van der Waals surface area (Å²) in [4.78, 5) is 107. The summed E-state index contributed by atoms with van der Waals surface area (Å²) >= 11 is 26.9. The van der Waals surface area contributed by atoms with Crippen LogP contribution in [0.2, 0.25) is 10.0 Å². The number of thiophene rings is 1. The lowest BCUT2D eigenvalue weighted by Crippen LogP contribution is -2.52. The normalized spacial score (nSPS) is 23.1. The monoisotopic (exact) mass is 1960 g/mol. The number of halogens is 5. The number of hydrogen-bond acceptors (Lipinski definition) is 27. The number of carbonyl (C=O) groups is 5. The first kappa shape index (κ1) is 88.7. The fourth-order valence-electron chi connectivity index (χ4n) is 16.2. The molecule has 638 valence electrons. The molecule has 1 aliphatic carbocycles. The Bertz CT molecular complexity index is 5980. The number of benzene rings is 6. The largest absolute Gasteiger partial charge is 0.454 e. The van der Waals surface area contributed by atoms with Gasteiger partial charge < -0.3 is 47.6 Å². The van der Waals surface area contributed by atoms with Crippen LogP contribution in [0, 0.1) is 28.6 Å². The summed E-state index contributed by atoms with van der Waals surface area (Å²) in [5, 5.41) is 23.9. The van der Waals surface area contributed by atoms with Gasteiger partial charge in [-0.3, -0.25) is 53.2 Å². The van der Waals surface area contributed by atoms with Crippen molar-refractivity contribution in [1.29, 1.82) is 10.5 Å². The average Bonchev–Trinajstić information content (AvgIpc) is 1.50. The van der Waals surface area contributed by atoms with Gasteiger partial charge >= 0.3 is 0 Å². The van der Waals surface area contributed by atoms with Crippen molar-refractivity contribution in [2.45, 2.75) is 98.8 Å². The minimum atomic E-state index is -1.18. The molecule has 6 aromatic carbocycles. The number of aliphatic imine (C=N–C) groups is 5. The molecule has 1 saturated carbocycles. The van der Waals surface area contributed by atoms with E-state index < -0.39 is 39.5 Å². The highest BCUT2D eigenvalue weighted by Gasteiger charge is 2.55. The van der Waals surface area contributed by atoms with Gasteiger partial charge in [-0.05, 0) is 190 Å². The van der Waals surface area contributed by atoms with Crippen LogP contribution >= 0.6 is 105 Å². The number of thiazole rings is 2. The third kappa shape index (κ3) is 16.9. The topological polar surface area (TPSA) is 422 Å². The van der Waals surface area contributed by atoms with E-state index in [-0.39, 0.29) is 79.3 Å². The predicted molar refractivity (Wildman–Crippen MR) is 486 cm³/mol. The Kier molecular flexibility index (Phi) is 25.4. The Labute approximate surface area is 761 Å². The Morgan fingerprint density at radius 1 is 0.492 bits per heavy atom. The van der Waals surface area contributed by atoms with Crippen molar-refractivity contribution in [3.63, 3.8) is 0 Å². The van der Waals surface area contributed by atoms with Gasteiger partial charge in [-0.2, -0.15) is 15.6 Å². The van der Waals surface area contributed by atoms with Crippen LogP contribution in [0.3, 0.4) is 0 Å². The Morgan fingerprint density at radius 2 is 1.00 bits per heavy atom. The zero-order valence-corrected chi connectivity index (χ0v) is 77.0. The van der Waals surface area contributed by atoms with E-state index in [0.29, 0.717) is 61.4 Å². The molecule has 10 aromatic rings. The number of guanidine groups is 5. The number of amides is 5. The molecular weight excluding hydrogens is 1880 g/mol. The van der Waals surface area contributed by atoms with E-state index in [0.717, 1.165) is 91.0 Å². The lowest BCUT2D eigenvalue weighted by atomic mass is 9.71. The summed E-state index contributed by atoms with van der Waals surface area (Å²) in [7, 11) is 9.96. The van der Waals surface area contributed by atoms with Crippen molar-refractivity contribution < 1.29 is 42.9 Å². The quantitative estimate of drug-likeness (QED) is 0.0803. The van der Waals surface area contributed by atoms with E-state index in [1.807, 2.05) is 154 Å². The fraction of sp³-hybridized carbons (Fsp3) is 0.291. The molecular formula is C86H82Br3Cl2N21O9S3. The van der Waals surface area contributed by atoms with Gasteiger partial charge in [-0.1, -0.05) is 113 Å². The van der Waals surface area contributed by atoms with Crippen LogP contribution in [0.1, 0.15) is 125 Å². The highest BCUT2D eigenvalue weighted by molar-refractivity contribution is 9.11. The predicted octanol–water partition coefficient (Wildman–Crippen LogP) is 13.8. The van der Waals surface area contributed by atoms with Gasteiger partial charge in [0, 0.05) is 84.5 Å². The number of aromatic nitrogens is 4. The second kappa shape index (κ2) is 35.6. The van der Waals surface area contributed by atoms with Crippen molar-refractivity contribution in [2.24, 2.45) is 66.6 Å². The first-order valence-corrected chi connectivity index (χ1v) is 44.2. The summed E-state index contributed by atoms with van der Waals surface area (Å²) in [6.45, 7) is 6.00. The smallest absolute Gasteiger partial charge is 0.267 e. The molecule has 11 heterocycles. The van der Waals surface area contributed by atoms with Gasteiger partial charge in [0.25, 0.3) is 11.8 Å². The van der Waals surface area contributed by atoms with Crippen molar-refractivity contribution in [3.05, 3.63) is 234 Å². The summed E-state index contributed by atoms with van der Waals surface area (Å²) in [5.41, 5.74) is 32.2. The number of fused-ring (bicyclic) bond motifs is 2. The molecule has 2 unspecified atom stereocenters. The maximum absolute atomic E-state index is 13.2. The lowest BCUT2D eigenvalue weighted by molar-refractivity contribution is -0.133. The van der Waals surface area contributed by atoms with E-state index in [1.165, 1.54) is 71.0 Å². The van der Waals surface area contributed by atoms with Crippen LogP contribution in [0.4, 0.5) is 0 Å². The van der Waals surface area contributed by atoms with Gasteiger partial charge in [0.1, 0.15) is 16.6 Å². The molecule has 7 atom stereocenters. The van der Waals surface area contributed by atoms with Gasteiger partial charge in [0.2, 0.25) is 36.8 Å². The van der Waals surface area contributed by atoms with Crippen molar-refractivity contribution in [1.82, 2.24) is 44.2 Å². The van der Waals surface area contributed by atoms with Gasteiger partial charge in [0.15, 0.2) is 66.2 Å². The molecule has 7 aliphatic heterocycles. The molecule has 4 aromatic heterocycles. The average molecular weight is 1960 g/mol. The molecule has 0 saturated heterocycles. The van der Waals surface area contributed by atoms with E-state index in [1.54, 1.807) is 77.6 Å². The van der Waals surface area contributed by atoms with E-state index >= 15 is 0 Å². The molecule has 10 N–H and O–H groups in total. The van der Waals surface area contributed by atoms with Crippen molar-refractivity contribution in [2.75, 3.05) is 48.8 Å². The number of rotatable bonds is 11. The van der Waals surface area contributed by atoms with Gasteiger partial charge in [-0.15, -0.1) is 34.0 Å². The number of likely N-dealkylation sites (N-methyl/N-ethyl adjacent to an activating group) is 4. The van der Waals surface area contributed by atoms with Crippen LogP contribution in [0.15, 0.2) is 195 Å². The second-order valence-corrected chi connectivity index (χ2v) is 38.2. The number of nitrogens with two attached hydrogens (primary N) is 5. The standard InChI is InChI=1S/C20H15Cl2N3OS.C18H17N7O.2C16H15BrN4O3S.C16H20BrN3O/c1-25-18(26)20(24-19(25)23,13-5-3-2-4-6-13)17-8-7-16(27-17)12-9-14(21)11-15(22)10-12;1-18(8-16(26)24(2)17(21)22-18)15-7-14(23-25(15)3)13-5-11(9-19)4-12(6-13)10-20;2*1-16(11-6-19-14(17)25-11)12(13(22)21(2)15(18)20-16)8-3-4-9-10(5-8)24-7-23-9;1-20-14(21)16(19-15(20)18,11-6-3-2-4-7-11)12-8-5-9-13(17)10-12/h2-11H,1H3,(H2,23,24);4-7H,8H2,1-3H3,(H2,21,22);2*3-6,12H,7H2,1-2H3,(H2,18,20);5,8-11H,2-4,6-7H2,1H3,(H2,18,19)/t;18-;12-,16+;12-,16-;/m.001./s1. The first-order chi connectivity index (χ1) is 59.0. The highest BCUT2D eigenvalue weighted by atomic mass is 79.9. The minimum Gasteiger partial charge on any atom is -0.454 e. The maximum Gasteiger partial charge on any atom is 0.267 e. The Balaban J connectivity index is 0.000000126. The van der Waals surface area contributed by atoms with Crippen molar-refractivity contribution in [3.8, 4) is 56.8 Å². The van der Waals surface area contributed by atoms with Crippen molar-refractivity contribution >= 4 is 164 Å². The lowest BCUT2D eigenvalue weighted by Gasteiger charge is -2.39. The van der Waals surface area contributed by atoms with E-state index in [9.17, 15) is 24.0 Å². The molecule has 0 spiro atoms. The number of aryl methyl sites for hydroxylation is 1. The van der Waals surface area contributed by atoms with Crippen LogP contribution < -0.4 is 47.6 Å². The Hall–Kier alpha value is -11.6.